The molecule has 1 N–H and O–H groups in total. The van der Waals surface area contributed by atoms with E-state index < -0.39 is 21.5 Å². The molecule has 1 rings (SSSR count). The molecular weight excluding hydrogens is 302 g/mol. The molecule has 0 spiro atoms. The lowest BCUT2D eigenvalue weighted by Crippen LogP contribution is -2.51. The van der Waals surface area contributed by atoms with Crippen molar-refractivity contribution in [1.29, 1.82) is 0 Å². The molecule has 0 unspecified atom stereocenters. The van der Waals surface area contributed by atoms with Gasteiger partial charge in [0, 0.05) is 5.02 Å². The average Bonchev–Trinajstić information content (AvgIpc) is 2.36. The molecule has 112 valence electrons. The molecule has 1 amide bonds. The van der Waals surface area contributed by atoms with Gasteiger partial charge >= 0.3 is 0 Å². The SMILES string of the molecule is CCC(CC)(Oc1ccc(Cl)cc1)C(=O)NS(C)(=O)=O. The average molecular weight is 320 g/mol. The van der Waals surface area contributed by atoms with Crippen LogP contribution >= 0.6 is 11.6 Å². The largest absolute Gasteiger partial charge is 0.477 e. The molecule has 1 aromatic carbocycles. The number of carbonyl (C=O) groups is 1. The molecule has 0 heterocycles. The fraction of sp³-hybridized carbons (Fsp3) is 0.462. The predicted octanol–water partition coefficient (Wildman–Crippen LogP) is 2.35. The van der Waals surface area contributed by atoms with Crippen LogP contribution in [0.25, 0.3) is 0 Å². The maximum Gasteiger partial charge on any atom is 0.277 e. The Labute approximate surface area is 124 Å². The molecule has 0 atom stereocenters. The first-order valence-electron chi connectivity index (χ1n) is 6.19. The lowest BCUT2D eigenvalue weighted by molar-refractivity contribution is -0.135. The zero-order valence-electron chi connectivity index (χ0n) is 11.6. The molecule has 0 aliphatic rings. The molecule has 0 saturated heterocycles. The molecule has 7 heteroatoms. The number of ether oxygens (including phenoxy) is 1. The number of carbonyl (C=O) groups excluding carboxylic acids is 1. The lowest BCUT2D eigenvalue weighted by atomic mass is 9.96. The molecule has 0 fully saturated rings. The Kier molecular flexibility index (Phi) is 5.42. The molecule has 1 aromatic rings. The van der Waals surface area contributed by atoms with Crippen molar-refractivity contribution in [2.24, 2.45) is 0 Å². The van der Waals surface area contributed by atoms with Crippen LogP contribution in [0.5, 0.6) is 5.75 Å². The minimum absolute atomic E-state index is 0.341. The number of hydrogen-bond donors (Lipinski definition) is 1. The van der Waals surface area contributed by atoms with Gasteiger partial charge in [-0.25, -0.2) is 13.1 Å². The Morgan fingerprint density at radius 2 is 1.75 bits per heavy atom. The fourth-order valence-corrected chi connectivity index (χ4v) is 2.40. The van der Waals surface area contributed by atoms with Gasteiger partial charge < -0.3 is 4.74 Å². The second-order valence-electron chi connectivity index (χ2n) is 4.46. The van der Waals surface area contributed by atoms with E-state index in [9.17, 15) is 13.2 Å². The van der Waals surface area contributed by atoms with Crippen molar-refractivity contribution in [3.05, 3.63) is 29.3 Å². The second kappa shape index (κ2) is 6.45. The Balaban J connectivity index is 3.02. The van der Waals surface area contributed by atoms with E-state index >= 15 is 0 Å². The van der Waals surface area contributed by atoms with Crippen molar-refractivity contribution >= 4 is 27.5 Å². The van der Waals surface area contributed by atoms with E-state index in [4.69, 9.17) is 16.3 Å². The third kappa shape index (κ3) is 4.38. The summed E-state index contributed by atoms with van der Waals surface area (Å²) in [5.41, 5.74) is -1.23. The van der Waals surface area contributed by atoms with Crippen LogP contribution < -0.4 is 9.46 Å². The van der Waals surface area contributed by atoms with Gasteiger partial charge in [-0.2, -0.15) is 0 Å². The summed E-state index contributed by atoms with van der Waals surface area (Å²) in [6.07, 6.45) is 1.62. The summed E-state index contributed by atoms with van der Waals surface area (Å²) in [5.74, 6) is -0.207. The molecule has 20 heavy (non-hydrogen) atoms. The number of amides is 1. The molecule has 0 aromatic heterocycles. The van der Waals surface area contributed by atoms with Crippen molar-refractivity contribution in [3.8, 4) is 5.75 Å². The van der Waals surface area contributed by atoms with Gasteiger partial charge in [-0.3, -0.25) is 4.79 Å². The van der Waals surface area contributed by atoms with Gasteiger partial charge in [-0.05, 0) is 37.1 Å². The first-order valence-corrected chi connectivity index (χ1v) is 8.46. The fourth-order valence-electron chi connectivity index (χ4n) is 1.75. The highest BCUT2D eigenvalue weighted by Gasteiger charge is 2.38. The van der Waals surface area contributed by atoms with Gasteiger partial charge in [0.05, 0.1) is 6.26 Å². The van der Waals surface area contributed by atoms with E-state index in [1.54, 1.807) is 38.1 Å². The maximum atomic E-state index is 12.2. The first kappa shape index (κ1) is 16.8. The van der Waals surface area contributed by atoms with Crippen LogP contribution in [0.15, 0.2) is 24.3 Å². The van der Waals surface area contributed by atoms with Crippen LogP contribution in [0.3, 0.4) is 0 Å². The van der Waals surface area contributed by atoms with Gasteiger partial charge in [-0.1, -0.05) is 25.4 Å². The first-order chi connectivity index (χ1) is 9.22. The molecule has 0 saturated carbocycles. The van der Waals surface area contributed by atoms with Crippen LogP contribution in [-0.4, -0.2) is 26.2 Å². The molecule has 0 bridgehead atoms. The van der Waals surface area contributed by atoms with Gasteiger partial charge in [-0.15, -0.1) is 0 Å². The smallest absolute Gasteiger partial charge is 0.277 e. The standard InChI is InChI=1S/C13H18ClNO4S/c1-4-13(5-2,12(16)15-20(3,17)18)19-11-8-6-10(14)7-9-11/h6-9H,4-5H2,1-3H3,(H,15,16). The van der Waals surface area contributed by atoms with Gasteiger partial charge in [0.1, 0.15) is 5.75 Å². The summed E-state index contributed by atoms with van der Waals surface area (Å²) >= 11 is 5.79. The number of hydrogen-bond acceptors (Lipinski definition) is 4. The second-order valence-corrected chi connectivity index (χ2v) is 6.65. The lowest BCUT2D eigenvalue weighted by Gasteiger charge is -2.30. The molecule has 5 nitrogen and oxygen atoms in total. The molecule has 0 aliphatic heterocycles. The monoisotopic (exact) mass is 319 g/mol. The highest BCUT2D eigenvalue weighted by atomic mass is 35.5. The van der Waals surface area contributed by atoms with Crippen LogP contribution in [0.1, 0.15) is 26.7 Å². The van der Waals surface area contributed by atoms with E-state index in [-0.39, 0.29) is 0 Å². The third-order valence-electron chi connectivity index (χ3n) is 2.96. The summed E-state index contributed by atoms with van der Waals surface area (Å²) in [7, 11) is -3.63. The van der Waals surface area contributed by atoms with E-state index in [2.05, 4.69) is 0 Å². The number of rotatable bonds is 6. The van der Waals surface area contributed by atoms with E-state index in [1.807, 2.05) is 4.72 Å². The van der Waals surface area contributed by atoms with Crippen LogP contribution in [-0.2, 0) is 14.8 Å². The summed E-state index contributed by atoms with van der Waals surface area (Å²) in [4.78, 5) is 12.2. The van der Waals surface area contributed by atoms with Crippen molar-refractivity contribution in [2.75, 3.05) is 6.26 Å². The van der Waals surface area contributed by atoms with Crippen LogP contribution in [0, 0.1) is 0 Å². The van der Waals surface area contributed by atoms with Crippen LogP contribution in [0.2, 0.25) is 5.02 Å². The van der Waals surface area contributed by atoms with Crippen LogP contribution in [0.4, 0.5) is 0 Å². The van der Waals surface area contributed by atoms with Crippen molar-refractivity contribution < 1.29 is 17.9 Å². The van der Waals surface area contributed by atoms with Gasteiger partial charge in [0.25, 0.3) is 5.91 Å². The number of halogens is 1. The maximum absolute atomic E-state index is 12.2. The zero-order valence-corrected chi connectivity index (χ0v) is 13.2. The summed E-state index contributed by atoms with van der Waals surface area (Å²) < 4.78 is 30.1. The number of sulfonamides is 1. The summed E-state index contributed by atoms with van der Waals surface area (Å²) in [5, 5.41) is 0.552. The summed E-state index contributed by atoms with van der Waals surface area (Å²) in [6.45, 7) is 3.53. The van der Waals surface area contributed by atoms with Crippen molar-refractivity contribution in [2.45, 2.75) is 32.3 Å². The van der Waals surface area contributed by atoms with E-state index in [0.717, 1.165) is 6.26 Å². The topological polar surface area (TPSA) is 72.5 Å². The quantitative estimate of drug-likeness (QED) is 0.873. The Morgan fingerprint density at radius 1 is 1.25 bits per heavy atom. The minimum Gasteiger partial charge on any atom is -0.477 e. The molecular formula is C13H18ClNO4S. The van der Waals surface area contributed by atoms with E-state index in [1.165, 1.54) is 0 Å². The molecule has 0 radical (unpaired) electrons. The highest BCUT2D eigenvalue weighted by Crippen LogP contribution is 2.26. The zero-order chi connectivity index (χ0) is 15.4. The Hall–Kier alpha value is -1.27. The number of benzene rings is 1. The van der Waals surface area contributed by atoms with Crippen molar-refractivity contribution in [3.63, 3.8) is 0 Å². The van der Waals surface area contributed by atoms with Gasteiger partial charge in [0.15, 0.2) is 5.60 Å². The van der Waals surface area contributed by atoms with Crippen molar-refractivity contribution in [1.82, 2.24) is 4.72 Å². The van der Waals surface area contributed by atoms with Gasteiger partial charge in [0.2, 0.25) is 10.0 Å². The third-order valence-corrected chi connectivity index (χ3v) is 3.77. The molecule has 0 aliphatic carbocycles. The number of nitrogens with one attached hydrogen (secondary N) is 1. The Morgan fingerprint density at radius 3 is 2.15 bits per heavy atom. The predicted molar refractivity (Wildman–Crippen MR) is 78.4 cm³/mol. The summed E-state index contributed by atoms with van der Waals surface area (Å²) in [6, 6.07) is 6.55. The normalized spacial score (nSPS) is 12.0. The Bertz CT molecular complexity index is 565. The van der Waals surface area contributed by atoms with E-state index in [0.29, 0.717) is 23.6 Å². The highest BCUT2D eigenvalue weighted by molar-refractivity contribution is 7.89. The minimum atomic E-state index is -3.63.